The third-order valence-corrected chi connectivity index (χ3v) is 2.78. The summed E-state index contributed by atoms with van der Waals surface area (Å²) in [5.41, 5.74) is 1.12. The topological polar surface area (TPSA) is 65.5 Å². The van der Waals surface area contributed by atoms with Gasteiger partial charge in [-0.1, -0.05) is 18.8 Å². The average molecular weight is 275 g/mol. The molecular weight excluding hydrogens is 254 g/mol. The van der Waals surface area contributed by atoms with Gasteiger partial charge >= 0.3 is 0 Å². The molecule has 0 atom stereocenters. The molecule has 5 heteroatoms. The minimum Gasteiger partial charge on any atom is -0.395 e. The van der Waals surface area contributed by atoms with Crippen LogP contribution < -0.4 is 5.32 Å². The third-order valence-electron chi connectivity index (χ3n) is 2.78. The van der Waals surface area contributed by atoms with Crippen molar-refractivity contribution in [1.82, 2.24) is 15.2 Å². The minimum atomic E-state index is -0.177. The first-order valence-corrected chi connectivity index (χ1v) is 6.70. The summed E-state index contributed by atoms with van der Waals surface area (Å²) in [5.74, 6) is 5.50. The van der Waals surface area contributed by atoms with Gasteiger partial charge in [-0.15, -0.1) is 0 Å². The van der Waals surface area contributed by atoms with E-state index in [0.29, 0.717) is 18.7 Å². The molecule has 1 rings (SSSR count). The van der Waals surface area contributed by atoms with E-state index in [-0.39, 0.29) is 12.5 Å². The predicted molar refractivity (Wildman–Crippen MR) is 78.3 cm³/mol. The van der Waals surface area contributed by atoms with Crippen LogP contribution in [0.25, 0.3) is 0 Å². The fraction of sp³-hybridized carbons (Fsp3) is 0.467. The molecule has 0 radical (unpaired) electrons. The van der Waals surface area contributed by atoms with Crippen molar-refractivity contribution < 1.29 is 9.90 Å². The van der Waals surface area contributed by atoms with Crippen LogP contribution >= 0.6 is 0 Å². The Bertz CT molecular complexity index is 474. The number of hydrogen-bond acceptors (Lipinski definition) is 4. The Labute approximate surface area is 120 Å². The minimum absolute atomic E-state index is 0.0487. The van der Waals surface area contributed by atoms with E-state index in [1.165, 1.54) is 0 Å². The fourth-order valence-corrected chi connectivity index (χ4v) is 1.43. The normalized spacial score (nSPS) is 10.0. The smallest absolute Gasteiger partial charge is 0.269 e. The lowest BCUT2D eigenvalue weighted by molar-refractivity contribution is 0.0945. The molecule has 0 aliphatic carbocycles. The third kappa shape index (κ3) is 5.83. The number of nitrogens with zero attached hydrogens (tertiary/aromatic N) is 2. The van der Waals surface area contributed by atoms with Gasteiger partial charge in [0.15, 0.2) is 0 Å². The van der Waals surface area contributed by atoms with Crippen LogP contribution in [-0.2, 0) is 0 Å². The van der Waals surface area contributed by atoms with Crippen LogP contribution in [0.5, 0.6) is 0 Å². The predicted octanol–water partition coefficient (Wildman–Crippen LogP) is 0.497. The summed E-state index contributed by atoms with van der Waals surface area (Å²) in [4.78, 5) is 18.0. The van der Waals surface area contributed by atoms with Gasteiger partial charge in [-0.05, 0) is 25.7 Å². The van der Waals surface area contributed by atoms with Gasteiger partial charge in [-0.25, -0.2) is 4.98 Å². The van der Waals surface area contributed by atoms with E-state index in [0.717, 1.165) is 18.7 Å². The molecule has 1 amide bonds. The van der Waals surface area contributed by atoms with Gasteiger partial charge < -0.3 is 15.3 Å². The zero-order chi connectivity index (χ0) is 14.8. The first-order chi connectivity index (χ1) is 9.67. The number of aromatic nitrogens is 1. The zero-order valence-corrected chi connectivity index (χ0v) is 12.0. The molecule has 1 heterocycles. The van der Waals surface area contributed by atoms with Gasteiger partial charge in [0.1, 0.15) is 5.69 Å². The number of nitrogens with one attached hydrogen (secondary N) is 1. The zero-order valence-electron chi connectivity index (χ0n) is 12.0. The highest BCUT2D eigenvalue weighted by Gasteiger charge is 2.06. The molecule has 2 N–H and O–H groups in total. The maximum absolute atomic E-state index is 11.8. The molecular formula is C15H21N3O2. The Morgan fingerprint density at radius 1 is 1.50 bits per heavy atom. The van der Waals surface area contributed by atoms with E-state index in [4.69, 9.17) is 5.11 Å². The molecule has 0 spiro atoms. The average Bonchev–Trinajstić information content (AvgIpc) is 2.48. The lowest BCUT2D eigenvalue weighted by atomic mass is 10.2. The Morgan fingerprint density at radius 2 is 2.30 bits per heavy atom. The lowest BCUT2D eigenvalue weighted by Gasteiger charge is -2.13. The molecule has 0 saturated carbocycles. The number of pyridine rings is 1. The Hall–Kier alpha value is -1.90. The van der Waals surface area contributed by atoms with E-state index >= 15 is 0 Å². The molecule has 1 aromatic heterocycles. The molecule has 0 aliphatic rings. The molecule has 5 nitrogen and oxygen atoms in total. The van der Waals surface area contributed by atoms with E-state index in [1.807, 2.05) is 7.05 Å². The Balaban J connectivity index is 2.47. The highest BCUT2D eigenvalue weighted by Crippen LogP contribution is 1.99. The second-order valence-electron chi connectivity index (χ2n) is 4.36. The molecule has 0 unspecified atom stereocenters. The van der Waals surface area contributed by atoms with Crippen LogP contribution in [0.15, 0.2) is 18.3 Å². The maximum Gasteiger partial charge on any atom is 0.269 e. The Kier molecular flexibility index (Phi) is 7.33. The summed E-state index contributed by atoms with van der Waals surface area (Å²) in [6.07, 6.45) is 2.00. The SMILES string of the molecule is CCN(C)CCNC(=O)c1ccc(C#CCCO)cn1. The second-order valence-corrected chi connectivity index (χ2v) is 4.36. The first kappa shape index (κ1) is 16.2. The quantitative estimate of drug-likeness (QED) is 0.742. The number of rotatable bonds is 6. The van der Waals surface area contributed by atoms with Gasteiger partial charge in [0.05, 0.1) is 6.61 Å². The number of carbonyl (C=O) groups is 1. The van der Waals surface area contributed by atoms with Crippen LogP contribution in [0.4, 0.5) is 0 Å². The number of aliphatic hydroxyl groups is 1. The molecule has 20 heavy (non-hydrogen) atoms. The summed E-state index contributed by atoms with van der Waals surface area (Å²) >= 11 is 0. The Morgan fingerprint density at radius 3 is 2.90 bits per heavy atom. The largest absolute Gasteiger partial charge is 0.395 e. The van der Waals surface area contributed by atoms with E-state index in [1.54, 1.807) is 18.3 Å². The number of carbonyl (C=O) groups excluding carboxylic acids is 1. The highest BCUT2D eigenvalue weighted by atomic mass is 16.2. The van der Waals surface area contributed by atoms with E-state index in [9.17, 15) is 4.79 Å². The number of aliphatic hydroxyl groups excluding tert-OH is 1. The number of amides is 1. The maximum atomic E-state index is 11.8. The molecule has 0 bridgehead atoms. The van der Waals surface area contributed by atoms with Gasteiger partial charge in [0, 0.05) is 31.3 Å². The van der Waals surface area contributed by atoms with Gasteiger partial charge in [-0.3, -0.25) is 4.79 Å². The van der Waals surface area contributed by atoms with Crippen molar-refractivity contribution in [2.75, 3.05) is 33.3 Å². The summed E-state index contributed by atoms with van der Waals surface area (Å²) in [5, 5.41) is 11.4. The van der Waals surface area contributed by atoms with Crippen molar-refractivity contribution in [3.63, 3.8) is 0 Å². The molecule has 1 aromatic rings. The van der Waals surface area contributed by atoms with E-state index < -0.39 is 0 Å². The van der Waals surface area contributed by atoms with Crippen molar-refractivity contribution >= 4 is 5.91 Å². The summed E-state index contributed by atoms with van der Waals surface area (Å²) in [6, 6.07) is 3.41. The number of hydrogen-bond donors (Lipinski definition) is 2. The van der Waals surface area contributed by atoms with E-state index in [2.05, 4.69) is 34.0 Å². The van der Waals surface area contributed by atoms with Gasteiger partial charge in [-0.2, -0.15) is 0 Å². The summed E-state index contributed by atoms with van der Waals surface area (Å²) < 4.78 is 0. The summed E-state index contributed by atoms with van der Waals surface area (Å²) in [7, 11) is 2.00. The standard InChI is InChI=1S/C15H21N3O2/c1-3-18(2)10-9-16-15(20)14-8-7-13(12-17-14)6-4-5-11-19/h7-8,12,19H,3,5,9-11H2,1-2H3,(H,16,20). The highest BCUT2D eigenvalue weighted by molar-refractivity contribution is 5.92. The van der Waals surface area contributed by atoms with Crippen molar-refractivity contribution in [2.45, 2.75) is 13.3 Å². The molecule has 0 fully saturated rings. The first-order valence-electron chi connectivity index (χ1n) is 6.70. The van der Waals surface area contributed by atoms with Crippen LogP contribution in [0.2, 0.25) is 0 Å². The van der Waals surface area contributed by atoms with Crippen molar-refractivity contribution in [3.8, 4) is 11.8 Å². The van der Waals surface area contributed by atoms with Crippen molar-refractivity contribution in [2.24, 2.45) is 0 Å². The monoisotopic (exact) mass is 275 g/mol. The second kappa shape index (κ2) is 9.08. The van der Waals surface area contributed by atoms with Crippen LogP contribution in [0, 0.1) is 11.8 Å². The lowest BCUT2D eigenvalue weighted by Crippen LogP contribution is -2.33. The number of likely N-dealkylation sites (N-methyl/N-ethyl adjacent to an activating group) is 1. The molecule has 0 saturated heterocycles. The van der Waals surface area contributed by atoms with Gasteiger partial charge in [0.2, 0.25) is 0 Å². The molecule has 0 aromatic carbocycles. The van der Waals surface area contributed by atoms with Crippen LogP contribution in [-0.4, -0.2) is 54.2 Å². The molecule has 0 aliphatic heterocycles. The van der Waals surface area contributed by atoms with Crippen LogP contribution in [0.1, 0.15) is 29.4 Å². The van der Waals surface area contributed by atoms with Crippen molar-refractivity contribution in [1.29, 1.82) is 0 Å². The van der Waals surface area contributed by atoms with Gasteiger partial charge in [0.25, 0.3) is 5.91 Å². The summed E-state index contributed by atoms with van der Waals surface area (Å²) in [6.45, 7) is 4.48. The fourth-order valence-electron chi connectivity index (χ4n) is 1.43. The molecule has 108 valence electrons. The van der Waals surface area contributed by atoms with Crippen LogP contribution in [0.3, 0.4) is 0 Å². The van der Waals surface area contributed by atoms with Crippen molar-refractivity contribution in [3.05, 3.63) is 29.6 Å².